The predicted molar refractivity (Wildman–Crippen MR) is 92.8 cm³/mol. The van der Waals surface area contributed by atoms with E-state index in [1.54, 1.807) is 0 Å². The molecule has 1 aromatic rings. The summed E-state index contributed by atoms with van der Waals surface area (Å²) < 4.78 is 26.9. The van der Waals surface area contributed by atoms with E-state index < -0.39 is 34.0 Å². The van der Waals surface area contributed by atoms with Gasteiger partial charge in [0.1, 0.15) is 6.04 Å². The predicted octanol–water partition coefficient (Wildman–Crippen LogP) is 0.291. The normalized spacial score (nSPS) is 16.4. The summed E-state index contributed by atoms with van der Waals surface area (Å²) in [6.07, 6.45) is 1.44. The minimum Gasteiger partial charge on any atom is -0.480 e. The van der Waals surface area contributed by atoms with Gasteiger partial charge in [0.25, 0.3) is 0 Å². The molecule has 0 aromatic heterocycles. The van der Waals surface area contributed by atoms with Gasteiger partial charge in [0.15, 0.2) is 0 Å². The molecule has 26 heavy (non-hydrogen) atoms. The number of sulfonamides is 1. The van der Waals surface area contributed by atoms with Crippen LogP contribution < -0.4 is 15.4 Å². The van der Waals surface area contributed by atoms with Gasteiger partial charge in [0.2, 0.25) is 21.8 Å². The molecule has 1 aromatic carbocycles. The fraction of sp³-hybridized carbons (Fsp3) is 0.438. The minimum atomic E-state index is -3.98. The molecule has 0 bridgehead atoms. The Morgan fingerprint density at radius 1 is 1.15 bits per heavy atom. The van der Waals surface area contributed by atoms with Crippen LogP contribution in [0.3, 0.4) is 0 Å². The minimum absolute atomic E-state index is 0.0803. The van der Waals surface area contributed by atoms with Gasteiger partial charge >= 0.3 is 5.97 Å². The lowest BCUT2D eigenvalue weighted by Crippen LogP contribution is -2.51. The highest BCUT2D eigenvalue weighted by Gasteiger charge is 2.38. The summed E-state index contributed by atoms with van der Waals surface area (Å²) in [6, 6.07) is 3.29. The zero-order valence-electron chi connectivity index (χ0n) is 14.4. The summed E-state index contributed by atoms with van der Waals surface area (Å²) >= 11 is 0. The van der Waals surface area contributed by atoms with E-state index in [-0.39, 0.29) is 16.7 Å². The van der Waals surface area contributed by atoms with Crippen molar-refractivity contribution < 1.29 is 27.9 Å². The molecule has 142 valence electrons. The van der Waals surface area contributed by atoms with Crippen LogP contribution >= 0.6 is 0 Å². The molecule has 2 rings (SSSR count). The Bertz CT molecular complexity index is 802. The van der Waals surface area contributed by atoms with Crippen molar-refractivity contribution in [3.05, 3.63) is 24.3 Å². The van der Waals surface area contributed by atoms with Crippen molar-refractivity contribution in [2.75, 3.05) is 5.32 Å². The standard InChI is InChI=1S/C16H21N3O6S/c1-9(15(21)18-14(16(22)23)11-3-4-11)19-26(24,25)13-7-5-12(6-8-13)17-10(2)20/h5-9,11,14,19H,3-4H2,1-2H3,(H,17,20)(H,18,21)(H,22,23). The van der Waals surface area contributed by atoms with E-state index in [4.69, 9.17) is 5.11 Å². The van der Waals surface area contributed by atoms with E-state index in [1.807, 2.05) is 0 Å². The first-order valence-electron chi connectivity index (χ1n) is 8.03. The molecule has 9 nitrogen and oxygen atoms in total. The van der Waals surface area contributed by atoms with Crippen LogP contribution in [0.4, 0.5) is 5.69 Å². The van der Waals surface area contributed by atoms with Crippen LogP contribution in [0.15, 0.2) is 29.2 Å². The molecule has 0 heterocycles. The summed E-state index contributed by atoms with van der Waals surface area (Å²) in [4.78, 5) is 34.2. The third-order valence-corrected chi connectivity index (χ3v) is 5.42. The van der Waals surface area contributed by atoms with Crippen LogP contribution in [-0.2, 0) is 24.4 Å². The number of anilines is 1. The molecule has 1 fully saturated rings. The molecule has 0 saturated heterocycles. The Morgan fingerprint density at radius 2 is 1.73 bits per heavy atom. The zero-order valence-corrected chi connectivity index (χ0v) is 15.2. The SMILES string of the molecule is CC(=O)Nc1ccc(S(=O)(=O)NC(C)C(=O)NC(C(=O)O)C2CC2)cc1. The first kappa shape index (κ1) is 19.9. The Labute approximate surface area is 151 Å². The van der Waals surface area contributed by atoms with Crippen molar-refractivity contribution in [3.63, 3.8) is 0 Å². The maximum absolute atomic E-state index is 12.4. The largest absolute Gasteiger partial charge is 0.480 e. The number of rotatable bonds is 8. The summed E-state index contributed by atoms with van der Waals surface area (Å²) in [5.74, 6) is -2.23. The van der Waals surface area contributed by atoms with E-state index in [1.165, 1.54) is 38.1 Å². The Kier molecular flexibility index (Phi) is 5.98. The number of nitrogens with one attached hydrogen (secondary N) is 3. The molecule has 4 N–H and O–H groups in total. The van der Waals surface area contributed by atoms with Crippen LogP contribution in [-0.4, -0.2) is 43.4 Å². The van der Waals surface area contributed by atoms with E-state index in [9.17, 15) is 22.8 Å². The molecular weight excluding hydrogens is 362 g/mol. The smallest absolute Gasteiger partial charge is 0.326 e. The number of aliphatic carboxylic acids is 1. The third-order valence-electron chi connectivity index (χ3n) is 3.87. The van der Waals surface area contributed by atoms with Crippen LogP contribution in [0.2, 0.25) is 0 Å². The van der Waals surface area contributed by atoms with E-state index >= 15 is 0 Å². The van der Waals surface area contributed by atoms with Gasteiger partial charge in [0.05, 0.1) is 10.9 Å². The fourth-order valence-electron chi connectivity index (χ4n) is 2.36. The second-order valence-electron chi connectivity index (χ2n) is 6.21. The molecule has 1 saturated carbocycles. The van der Waals surface area contributed by atoms with Crippen LogP contribution in [0, 0.1) is 5.92 Å². The summed E-state index contributed by atoms with van der Waals surface area (Å²) in [5, 5.41) is 14.0. The lowest BCUT2D eigenvalue weighted by molar-refractivity contribution is -0.142. The average molecular weight is 383 g/mol. The lowest BCUT2D eigenvalue weighted by atomic mass is 10.2. The van der Waals surface area contributed by atoms with E-state index in [0.29, 0.717) is 5.69 Å². The molecule has 2 amide bonds. The number of carbonyl (C=O) groups is 3. The number of benzene rings is 1. The van der Waals surface area contributed by atoms with Gasteiger partial charge in [-0.3, -0.25) is 9.59 Å². The van der Waals surface area contributed by atoms with Gasteiger partial charge in [-0.25, -0.2) is 13.2 Å². The highest BCUT2D eigenvalue weighted by atomic mass is 32.2. The summed E-state index contributed by atoms with van der Waals surface area (Å²) in [6.45, 7) is 2.67. The van der Waals surface area contributed by atoms with Crippen LogP contribution in [0.5, 0.6) is 0 Å². The van der Waals surface area contributed by atoms with Crippen LogP contribution in [0.25, 0.3) is 0 Å². The summed E-state index contributed by atoms with van der Waals surface area (Å²) in [7, 11) is -3.98. The Morgan fingerprint density at radius 3 is 2.19 bits per heavy atom. The lowest BCUT2D eigenvalue weighted by Gasteiger charge is -2.18. The van der Waals surface area contributed by atoms with E-state index in [2.05, 4.69) is 15.4 Å². The van der Waals surface area contributed by atoms with Crippen molar-refractivity contribution in [1.82, 2.24) is 10.0 Å². The van der Waals surface area contributed by atoms with Gasteiger partial charge in [-0.2, -0.15) is 4.72 Å². The van der Waals surface area contributed by atoms with Crippen molar-refractivity contribution in [2.24, 2.45) is 5.92 Å². The molecule has 10 heteroatoms. The van der Waals surface area contributed by atoms with Crippen LogP contribution in [0.1, 0.15) is 26.7 Å². The highest BCUT2D eigenvalue weighted by molar-refractivity contribution is 7.89. The Balaban J connectivity index is 2.01. The molecule has 2 atom stereocenters. The highest BCUT2D eigenvalue weighted by Crippen LogP contribution is 2.32. The molecule has 2 unspecified atom stereocenters. The van der Waals surface area contributed by atoms with Gasteiger partial charge in [0, 0.05) is 12.6 Å². The average Bonchev–Trinajstić information content (AvgIpc) is 3.36. The van der Waals surface area contributed by atoms with Crippen molar-refractivity contribution in [3.8, 4) is 0 Å². The maximum Gasteiger partial charge on any atom is 0.326 e. The number of hydrogen-bond donors (Lipinski definition) is 4. The first-order valence-corrected chi connectivity index (χ1v) is 9.51. The summed E-state index contributed by atoms with van der Waals surface area (Å²) in [5.41, 5.74) is 0.441. The van der Waals surface area contributed by atoms with Gasteiger partial charge < -0.3 is 15.7 Å². The van der Waals surface area contributed by atoms with Gasteiger partial charge in [-0.15, -0.1) is 0 Å². The monoisotopic (exact) mass is 383 g/mol. The molecule has 0 radical (unpaired) electrons. The van der Waals surface area contributed by atoms with Gasteiger partial charge in [-0.05, 0) is 49.9 Å². The molecule has 1 aliphatic carbocycles. The first-order chi connectivity index (χ1) is 12.1. The molecule has 0 aliphatic heterocycles. The van der Waals surface area contributed by atoms with E-state index in [0.717, 1.165) is 12.8 Å². The topological polar surface area (TPSA) is 142 Å². The maximum atomic E-state index is 12.4. The number of carbonyl (C=O) groups excluding carboxylic acids is 2. The Hall–Kier alpha value is -2.46. The number of amides is 2. The molecular formula is C16H21N3O6S. The van der Waals surface area contributed by atoms with Gasteiger partial charge in [-0.1, -0.05) is 0 Å². The number of carboxylic acids is 1. The van der Waals surface area contributed by atoms with Crippen molar-refractivity contribution in [1.29, 1.82) is 0 Å². The quantitative estimate of drug-likeness (QED) is 0.508. The van der Waals surface area contributed by atoms with Crippen molar-refractivity contribution in [2.45, 2.75) is 43.7 Å². The number of carboxylic acid groups (broad SMARTS) is 1. The second-order valence-corrected chi connectivity index (χ2v) is 7.92. The second kappa shape index (κ2) is 7.83. The molecule has 1 aliphatic rings. The zero-order chi connectivity index (χ0) is 19.5. The third kappa shape index (κ3) is 5.27. The van der Waals surface area contributed by atoms with Crippen molar-refractivity contribution >= 4 is 33.5 Å². The number of hydrogen-bond acceptors (Lipinski definition) is 5. The molecule has 0 spiro atoms. The fourth-order valence-corrected chi connectivity index (χ4v) is 3.57.